The molecule has 5 aromatic rings. The Bertz CT molecular complexity index is 2280. The average molecular weight is 763 g/mol. The van der Waals surface area contributed by atoms with Crippen molar-refractivity contribution in [2.45, 2.75) is 52.0 Å². The largest absolute Gasteiger partial charge is 0.329 e. The van der Waals surface area contributed by atoms with E-state index in [1.807, 2.05) is 34.6 Å². The van der Waals surface area contributed by atoms with Gasteiger partial charge in [0.05, 0.1) is 42.9 Å². The van der Waals surface area contributed by atoms with Gasteiger partial charge in [-0.15, -0.1) is 0 Å². The number of amides is 2. The molecule has 0 aliphatic carbocycles. The Kier molecular flexibility index (Phi) is 13.4. The van der Waals surface area contributed by atoms with Crippen LogP contribution in [0.1, 0.15) is 51.4 Å². The topological polar surface area (TPSA) is 184 Å². The quantitative estimate of drug-likeness (QED) is 0.119. The maximum absolute atomic E-state index is 12.5. The smallest absolute Gasteiger partial charge is 0.257 e. The van der Waals surface area contributed by atoms with Crippen molar-refractivity contribution in [1.29, 1.82) is 0 Å². The van der Waals surface area contributed by atoms with Crippen LogP contribution < -0.4 is 27.5 Å². The van der Waals surface area contributed by atoms with Crippen LogP contribution in [0.2, 0.25) is 15.1 Å². The number of nitrogens with two attached hydrogens (primary N) is 1. The number of hydrogen-bond acceptors (Lipinski definition) is 7. The zero-order chi connectivity index (χ0) is 37.6. The number of sulfone groups is 1. The molecule has 11 nitrogen and oxygen atoms in total. The molecule has 2 aromatic heterocycles. The van der Waals surface area contributed by atoms with E-state index in [9.17, 15) is 27.6 Å². The number of anilines is 2. The average Bonchev–Trinajstić information content (AvgIpc) is 3.03. The summed E-state index contributed by atoms with van der Waals surface area (Å²) in [5.74, 6) is -0.845. The second-order valence-electron chi connectivity index (χ2n) is 12.2. The minimum Gasteiger partial charge on any atom is -0.329 e. The van der Waals surface area contributed by atoms with Crippen LogP contribution in [0, 0.1) is 5.41 Å². The summed E-state index contributed by atoms with van der Waals surface area (Å²) < 4.78 is 23.1. The molecule has 0 fully saturated rings. The second kappa shape index (κ2) is 16.7. The molecule has 2 heterocycles. The van der Waals surface area contributed by atoms with Crippen molar-refractivity contribution in [2.24, 2.45) is 11.1 Å². The maximum Gasteiger partial charge on any atom is 0.257 e. The summed E-state index contributed by atoms with van der Waals surface area (Å²) in [7, 11) is -3.43. The highest BCUT2D eigenvalue weighted by Crippen LogP contribution is 2.29. The summed E-state index contributed by atoms with van der Waals surface area (Å²) in [5.41, 5.74) is 6.23. The molecule has 266 valence electrons. The van der Waals surface area contributed by atoms with Gasteiger partial charge >= 0.3 is 0 Å². The van der Waals surface area contributed by atoms with Crippen LogP contribution >= 0.6 is 34.8 Å². The van der Waals surface area contributed by atoms with Crippen LogP contribution in [-0.2, 0) is 14.6 Å². The van der Waals surface area contributed by atoms with Crippen LogP contribution in [0.25, 0.3) is 21.5 Å². The monoisotopic (exact) mass is 761 g/mol. The van der Waals surface area contributed by atoms with E-state index in [0.717, 1.165) is 6.26 Å². The van der Waals surface area contributed by atoms with E-state index in [0.29, 0.717) is 44.4 Å². The van der Waals surface area contributed by atoms with Crippen molar-refractivity contribution in [2.75, 3.05) is 16.9 Å². The van der Waals surface area contributed by atoms with E-state index in [2.05, 4.69) is 20.6 Å². The Morgan fingerprint density at radius 2 is 1.26 bits per heavy atom. The molecule has 6 N–H and O–H groups in total. The van der Waals surface area contributed by atoms with Crippen molar-refractivity contribution in [3.05, 3.63) is 108 Å². The highest BCUT2D eigenvalue weighted by Gasteiger charge is 2.22. The molecule has 0 spiro atoms. The van der Waals surface area contributed by atoms with Gasteiger partial charge in [0.2, 0.25) is 5.91 Å². The first-order valence-corrected chi connectivity index (χ1v) is 18.4. The minimum absolute atomic E-state index is 0.00113. The predicted octanol–water partition coefficient (Wildman–Crippen LogP) is 7.40. The predicted molar refractivity (Wildman–Crippen MR) is 204 cm³/mol. The molecule has 2 amide bonds. The van der Waals surface area contributed by atoms with E-state index >= 15 is 0 Å². The lowest BCUT2D eigenvalue weighted by atomic mass is 9.88. The molecule has 0 unspecified atom stereocenters. The van der Waals surface area contributed by atoms with Gasteiger partial charge in [0.1, 0.15) is 0 Å². The fraction of sp³-hybridized carbons (Fsp3) is 0.257. The lowest BCUT2D eigenvalue weighted by Crippen LogP contribution is -2.38. The standard InChI is InChI=1S/C17H12Cl2N2O4S.C16H20ClN3O2.C2H6/c1-26(24,25)10-2-3-11(13(18)7-10)17(23)21-15-6-9-4-5-20-16(22)12(9)8-14(15)19;1-16(2,3)8-12(18)15(22)20-13-6-9-4-5-19-14(21)10(9)7-11(13)17;1-2/h2-8H,1H3,(H,20,22)(H,21,23);4-7,12H,8,18H2,1-3H3,(H,19,21)(H,20,22);1-2H3/t;12-;/m.0./s1. The van der Waals surface area contributed by atoms with Crippen molar-refractivity contribution in [3.8, 4) is 0 Å². The number of fused-ring (bicyclic) bond motifs is 2. The zero-order valence-corrected chi connectivity index (χ0v) is 31.3. The highest BCUT2D eigenvalue weighted by molar-refractivity contribution is 7.90. The van der Waals surface area contributed by atoms with Crippen LogP contribution in [0.15, 0.2) is 81.5 Å². The van der Waals surface area contributed by atoms with Gasteiger partial charge < -0.3 is 26.3 Å². The molecule has 3 aromatic carbocycles. The summed E-state index contributed by atoms with van der Waals surface area (Å²) in [6, 6.07) is 12.9. The number of aromatic nitrogens is 2. The Balaban J connectivity index is 0.000000261. The number of nitrogens with one attached hydrogen (secondary N) is 4. The fourth-order valence-corrected chi connectivity index (χ4v) is 6.09. The molecule has 0 saturated heterocycles. The van der Waals surface area contributed by atoms with Crippen molar-refractivity contribution < 1.29 is 18.0 Å². The summed E-state index contributed by atoms with van der Waals surface area (Å²) >= 11 is 18.3. The molecule has 1 atom stereocenters. The first-order valence-electron chi connectivity index (χ1n) is 15.3. The van der Waals surface area contributed by atoms with Gasteiger partial charge in [-0.05, 0) is 77.2 Å². The Morgan fingerprint density at radius 3 is 1.70 bits per heavy atom. The number of H-pyrrole nitrogens is 2. The number of benzene rings is 3. The van der Waals surface area contributed by atoms with E-state index in [1.54, 1.807) is 36.5 Å². The van der Waals surface area contributed by atoms with Gasteiger partial charge in [-0.1, -0.05) is 69.4 Å². The Morgan fingerprint density at radius 1 is 0.780 bits per heavy atom. The van der Waals surface area contributed by atoms with Crippen molar-refractivity contribution in [1.82, 2.24) is 9.97 Å². The van der Waals surface area contributed by atoms with E-state index < -0.39 is 21.8 Å². The van der Waals surface area contributed by atoms with Crippen LogP contribution in [0.3, 0.4) is 0 Å². The van der Waals surface area contributed by atoms with Crippen LogP contribution in [0.4, 0.5) is 11.4 Å². The molecule has 15 heteroatoms. The lowest BCUT2D eigenvalue weighted by Gasteiger charge is -2.22. The molecule has 0 aliphatic rings. The van der Waals surface area contributed by atoms with E-state index in [4.69, 9.17) is 40.5 Å². The van der Waals surface area contributed by atoms with Gasteiger partial charge in [0, 0.05) is 29.4 Å². The molecular formula is C35H38Cl3N5O6S. The third-order valence-electron chi connectivity index (χ3n) is 7.01. The summed E-state index contributed by atoms with van der Waals surface area (Å²) in [6.07, 6.45) is 4.65. The molecule has 0 aliphatic heterocycles. The first-order chi connectivity index (χ1) is 23.3. The van der Waals surface area contributed by atoms with Gasteiger partial charge in [-0.25, -0.2) is 8.42 Å². The maximum atomic E-state index is 12.5. The summed E-state index contributed by atoms with van der Waals surface area (Å²) in [5, 5.41) is 8.02. The van der Waals surface area contributed by atoms with Gasteiger partial charge in [-0.3, -0.25) is 19.2 Å². The fourth-order valence-electron chi connectivity index (χ4n) is 4.69. The number of rotatable bonds is 6. The van der Waals surface area contributed by atoms with Gasteiger partial charge in [0.25, 0.3) is 17.0 Å². The van der Waals surface area contributed by atoms with Crippen LogP contribution in [-0.4, -0.2) is 42.5 Å². The van der Waals surface area contributed by atoms with Gasteiger partial charge in [0.15, 0.2) is 9.84 Å². The molecular weight excluding hydrogens is 725 g/mol. The lowest BCUT2D eigenvalue weighted by molar-refractivity contribution is -0.118. The Hall–Kier alpha value is -4.20. The highest BCUT2D eigenvalue weighted by atomic mass is 35.5. The van der Waals surface area contributed by atoms with E-state index in [1.165, 1.54) is 30.5 Å². The molecule has 0 saturated carbocycles. The number of halogens is 3. The van der Waals surface area contributed by atoms with E-state index in [-0.39, 0.29) is 42.9 Å². The molecule has 50 heavy (non-hydrogen) atoms. The van der Waals surface area contributed by atoms with Crippen LogP contribution in [0.5, 0.6) is 0 Å². The second-order valence-corrected chi connectivity index (χ2v) is 15.4. The summed E-state index contributed by atoms with van der Waals surface area (Å²) in [6.45, 7) is 10.1. The number of carbonyl (C=O) groups excluding carboxylic acids is 2. The number of carbonyl (C=O) groups is 2. The SMILES string of the molecule is CC.CC(C)(C)C[C@H](N)C(=O)Nc1cc2cc[nH]c(=O)c2cc1Cl.CS(=O)(=O)c1ccc(C(=O)Nc2cc3cc[nH]c(=O)c3cc2Cl)c(Cl)c1. The third kappa shape index (κ3) is 10.4. The van der Waals surface area contributed by atoms with Gasteiger partial charge in [-0.2, -0.15) is 0 Å². The first kappa shape index (κ1) is 40.2. The number of hydrogen-bond donors (Lipinski definition) is 5. The molecule has 0 radical (unpaired) electrons. The minimum atomic E-state index is -3.43. The number of pyridine rings is 2. The summed E-state index contributed by atoms with van der Waals surface area (Å²) in [4.78, 5) is 53.3. The Labute approximate surface area is 304 Å². The number of aromatic amines is 2. The van der Waals surface area contributed by atoms with Crippen molar-refractivity contribution >= 4 is 89.4 Å². The third-order valence-corrected chi connectivity index (χ3v) is 9.06. The zero-order valence-electron chi connectivity index (χ0n) is 28.2. The molecule has 5 rings (SSSR count). The van der Waals surface area contributed by atoms with Crippen molar-refractivity contribution in [3.63, 3.8) is 0 Å². The molecule has 0 bridgehead atoms. The normalized spacial score (nSPS) is 11.9.